The lowest BCUT2D eigenvalue weighted by atomic mass is 10.0. The van der Waals surface area contributed by atoms with Crippen molar-refractivity contribution in [2.75, 3.05) is 26.3 Å². The molecule has 2 amide bonds. The van der Waals surface area contributed by atoms with Crippen molar-refractivity contribution in [2.24, 2.45) is 5.92 Å². The number of halogens is 3. The van der Waals surface area contributed by atoms with E-state index in [-0.39, 0.29) is 32.0 Å². The molecule has 0 aromatic rings. The fourth-order valence-electron chi connectivity index (χ4n) is 1.33. The Balaban J connectivity index is 3.65. The second-order valence-corrected chi connectivity index (χ2v) is 4.18. The molecule has 1 atom stereocenters. The third-order valence-corrected chi connectivity index (χ3v) is 2.39. The van der Waals surface area contributed by atoms with Gasteiger partial charge >= 0.3 is 18.2 Å². The summed E-state index contributed by atoms with van der Waals surface area (Å²) in [4.78, 5) is 21.8. The van der Waals surface area contributed by atoms with Crippen LogP contribution in [-0.4, -0.2) is 49.6 Å². The summed E-state index contributed by atoms with van der Waals surface area (Å²) in [7, 11) is 0. The molecule has 3 N–H and O–H groups in total. The molecule has 9 heteroatoms. The second kappa shape index (κ2) is 9.40. The Morgan fingerprint density at radius 3 is 2.45 bits per heavy atom. The Kier molecular flexibility index (Phi) is 8.69. The third-order valence-electron chi connectivity index (χ3n) is 2.39. The molecule has 0 aliphatic heterocycles. The molecule has 0 spiro atoms. The maximum Gasteiger partial charge on any atom is 0.411 e. The first kappa shape index (κ1) is 18.5. The summed E-state index contributed by atoms with van der Waals surface area (Å²) in [5.74, 6) is -1.13. The van der Waals surface area contributed by atoms with Gasteiger partial charge in [-0.2, -0.15) is 13.2 Å². The largest absolute Gasteiger partial charge is 0.481 e. The van der Waals surface area contributed by atoms with Crippen LogP contribution in [0.3, 0.4) is 0 Å². The predicted molar refractivity (Wildman–Crippen MR) is 64.3 cm³/mol. The summed E-state index contributed by atoms with van der Waals surface area (Å²) in [6.07, 6.45) is -3.83. The van der Waals surface area contributed by atoms with E-state index in [9.17, 15) is 22.8 Å². The number of hydrogen-bond acceptors (Lipinski definition) is 3. The second-order valence-electron chi connectivity index (χ2n) is 4.18. The van der Waals surface area contributed by atoms with Gasteiger partial charge in [-0.3, -0.25) is 4.79 Å². The number of carbonyl (C=O) groups is 2. The van der Waals surface area contributed by atoms with Crippen molar-refractivity contribution in [3.63, 3.8) is 0 Å². The molecule has 0 aromatic carbocycles. The van der Waals surface area contributed by atoms with Crippen LogP contribution in [0.15, 0.2) is 0 Å². The molecule has 0 radical (unpaired) electrons. The minimum absolute atomic E-state index is 0.0501. The van der Waals surface area contributed by atoms with Crippen molar-refractivity contribution in [1.82, 2.24) is 10.6 Å². The molecule has 0 heterocycles. The number of carboxylic acid groups (broad SMARTS) is 1. The summed E-state index contributed by atoms with van der Waals surface area (Å²) in [5, 5.41) is 13.4. The van der Waals surface area contributed by atoms with Gasteiger partial charge in [-0.15, -0.1) is 0 Å². The van der Waals surface area contributed by atoms with Gasteiger partial charge in [0.25, 0.3) is 0 Å². The van der Waals surface area contributed by atoms with Gasteiger partial charge in [0.05, 0.1) is 6.61 Å². The summed E-state index contributed by atoms with van der Waals surface area (Å²) in [6, 6.07) is -0.565. The first-order valence-corrected chi connectivity index (χ1v) is 6.12. The van der Waals surface area contributed by atoms with Gasteiger partial charge in [-0.05, 0) is 5.92 Å². The Labute approximate surface area is 114 Å². The van der Waals surface area contributed by atoms with Crippen molar-refractivity contribution >= 4 is 12.0 Å². The molecule has 0 aromatic heterocycles. The zero-order chi connectivity index (χ0) is 15.6. The Bertz CT molecular complexity index is 311. The lowest BCUT2D eigenvalue weighted by Crippen LogP contribution is -2.40. The van der Waals surface area contributed by atoms with Crippen LogP contribution in [0.4, 0.5) is 18.0 Å². The first-order valence-electron chi connectivity index (χ1n) is 6.12. The summed E-state index contributed by atoms with van der Waals surface area (Å²) in [6.45, 7) is 0.333. The zero-order valence-corrected chi connectivity index (χ0v) is 11.1. The zero-order valence-electron chi connectivity index (χ0n) is 11.1. The van der Waals surface area contributed by atoms with Crippen molar-refractivity contribution in [3.05, 3.63) is 0 Å². The van der Waals surface area contributed by atoms with Crippen LogP contribution in [0.25, 0.3) is 0 Å². The van der Waals surface area contributed by atoms with Crippen molar-refractivity contribution in [2.45, 2.75) is 25.9 Å². The molecule has 0 rings (SSSR count). The van der Waals surface area contributed by atoms with Crippen molar-refractivity contribution < 1.29 is 32.6 Å². The van der Waals surface area contributed by atoms with E-state index < -0.39 is 24.8 Å². The number of amides is 2. The smallest absolute Gasteiger partial charge is 0.411 e. The molecule has 118 valence electrons. The van der Waals surface area contributed by atoms with Crippen LogP contribution in [0.5, 0.6) is 0 Å². The molecule has 0 aliphatic rings. The highest BCUT2D eigenvalue weighted by Crippen LogP contribution is 2.13. The van der Waals surface area contributed by atoms with Gasteiger partial charge in [-0.25, -0.2) is 4.79 Å². The van der Waals surface area contributed by atoms with E-state index in [0.29, 0.717) is 6.42 Å². The van der Waals surface area contributed by atoms with E-state index in [1.165, 1.54) is 0 Å². The van der Waals surface area contributed by atoms with Gasteiger partial charge in [0.2, 0.25) is 0 Å². The summed E-state index contributed by atoms with van der Waals surface area (Å²) >= 11 is 0. The average molecular weight is 300 g/mol. The number of hydrogen-bond donors (Lipinski definition) is 3. The number of carbonyl (C=O) groups excluding carboxylic acids is 1. The SMILES string of the molecule is CCC(CNC(=O)NCCOCC(F)(F)F)CC(=O)O. The molecule has 0 fully saturated rings. The topological polar surface area (TPSA) is 87.7 Å². The number of urea groups is 1. The van der Waals surface area contributed by atoms with Crippen LogP contribution in [-0.2, 0) is 9.53 Å². The van der Waals surface area contributed by atoms with Gasteiger partial charge in [0.1, 0.15) is 6.61 Å². The molecule has 6 nitrogen and oxygen atoms in total. The first-order chi connectivity index (χ1) is 9.24. The molecule has 0 saturated carbocycles. The van der Waals surface area contributed by atoms with E-state index in [1.54, 1.807) is 6.92 Å². The molecular formula is C11H19F3N2O4. The number of carboxylic acids is 1. The van der Waals surface area contributed by atoms with E-state index in [4.69, 9.17) is 5.11 Å². The minimum atomic E-state index is -4.38. The van der Waals surface area contributed by atoms with E-state index in [2.05, 4.69) is 15.4 Å². The fraction of sp³-hybridized carbons (Fsp3) is 0.818. The number of alkyl halides is 3. The van der Waals surface area contributed by atoms with Crippen LogP contribution >= 0.6 is 0 Å². The standard InChI is InChI=1S/C11H19F3N2O4/c1-2-8(5-9(17)18)6-16-10(19)15-3-4-20-7-11(12,13)14/h8H,2-7H2,1H3,(H,17,18)(H2,15,16,19). The maximum absolute atomic E-state index is 11.7. The quantitative estimate of drug-likeness (QED) is 0.561. The van der Waals surface area contributed by atoms with E-state index in [1.807, 2.05) is 0 Å². The van der Waals surface area contributed by atoms with Gasteiger partial charge in [0, 0.05) is 19.5 Å². The van der Waals surface area contributed by atoms with Crippen molar-refractivity contribution in [3.8, 4) is 0 Å². The van der Waals surface area contributed by atoms with E-state index >= 15 is 0 Å². The van der Waals surface area contributed by atoms with Crippen molar-refractivity contribution in [1.29, 1.82) is 0 Å². The molecule has 1 unspecified atom stereocenters. The lowest BCUT2D eigenvalue weighted by molar-refractivity contribution is -0.173. The molecule has 0 saturated heterocycles. The lowest BCUT2D eigenvalue weighted by Gasteiger charge is -2.14. The Morgan fingerprint density at radius 1 is 1.30 bits per heavy atom. The average Bonchev–Trinajstić information content (AvgIpc) is 2.32. The molecule has 0 bridgehead atoms. The van der Waals surface area contributed by atoms with Crippen LogP contribution < -0.4 is 10.6 Å². The van der Waals surface area contributed by atoms with Crippen LogP contribution in [0.1, 0.15) is 19.8 Å². The highest BCUT2D eigenvalue weighted by atomic mass is 19.4. The van der Waals surface area contributed by atoms with Gasteiger partial charge in [-0.1, -0.05) is 13.3 Å². The number of ether oxygens (including phenoxy) is 1. The summed E-state index contributed by atoms with van der Waals surface area (Å²) in [5.41, 5.74) is 0. The van der Waals surface area contributed by atoms with Gasteiger partial charge in [0.15, 0.2) is 0 Å². The monoisotopic (exact) mass is 300 g/mol. The highest BCUT2D eigenvalue weighted by Gasteiger charge is 2.27. The normalized spacial score (nSPS) is 12.8. The van der Waals surface area contributed by atoms with Gasteiger partial charge < -0.3 is 20.5 Å². The third kappa shape index (κ3) is 11.6. The fourth-order valence-corrected chi connectivity index (χ4v) is 1.33. The maximum atomic E-state index is 11.7. The minimum Gasteiger partial charge on any atom is -0.481 e. The highest BCUT2D eigenvalue weighted by molar-refractivity contribution is 5.74. The number of nitrogens with one attached hydrogen (secondary N) is 2. The number of aliphatic carboxylic acids is 1. The summed E-state index contributed by atoms with van der Waals surface area (Å²) < 4.78 is 39.5. The Hall–Kier alpha value is -1.51. The predicted octanol–water partition coefficient (Wildman–Crippen LogP) is 1.37. The molecular weight excluding hydrogens is 281 g/mol. The number of rotatable bonds is 9. The van der Waals surface area contributed by atoms with E-state index in [0.717, 1.165) is 0 Å². The van der Waals surface area contributed by atoms with Crippen LogP contribution in [0, 0.1) is 5.92 Å². The molecule has 20 heavy (non-hydrogen) atoms. The molecule has 0 aliphatic carbocycles. The Morgan fingerprint density at radius 2 is 1.95 bits per heavy atom. The van der Waals surface area contributed by atoms with Crippen LogP contribution in [0.2, 0.25) is 0 Å².